The summed E-state index contributed by atoms with van der Waals surface area (Å²) < 4.78 is 5.08. The van der Waals surface area contributed by atoms with Crippen LogP contribution in [-0.2, 0) is 4.79 Å². The molecule has 1 N–H and O–H groups in total. The second kappa shape index (κ2) is 3.91. The number of carboxylic acid groups (broad SMARTS) is 1. The lowest BCUT2D eigenvalue weighted by Crippen LogP contribution is -2.34. The van der Waals surface area contributed by atoms with E-state index in [2.05, 4.69) is 0 Å². The van der Waals surface area contributed by atoms with Gasteiger partial charge in [-0.05, 0) is 26.3 Å². The van der Waals surface area contributed by atoms with Crippen LogP contribution < -0.4 is 0 Å². The lowest BCUT2D eigenvalue weighted by Gasteiger charge is -2.19. The molecule has 1 saturated heterocycles. The van der Waals surface area contributed by atoms with Gasteiger partial charge in [0.25, 0.3) is 5.91 Å². The van der Waals surface area contributed by atoms with Crippen molar-refractivity contribution in [2.24, 2.45) is 5.41 Å². The van der Waals surface area contributed by atoms with E-state index in [1.165, 1.54) is 6.26 Å². The molecule has 0 spiro atoms. The van der Waals surface area contributed by atoms with Crippen LogP contribution in [-0.4, -0.2) is 35.0 Å². The number of hydrogen-bond donors (Lipinski definition) is 1. The summed E-state index contributed by atoms with van der Waals surface area (Å²) in [5.41, 5.74) is -0.341. The highest BCUT2D eigenvalue weighted by atomic mass is 16.4. The van der Waals surface area contributed by atoms with Gasteiger partial charge >= 0.3 is 5.97 Å². The van der Waals surface area contributed by atoms with Crippen LogP contribution in [0.15, 0.2) is 16.7 Å². The first-order valence-corrected chi connectivity index (χ1v) is 5.50. The van der Waals surface area contributed by atoms with Crippen molar-refractivity contribution in [1.29, 1.82) is 0 Å². The first-order valence-electron chi connectivity index (χ1n) is 5.50. The van der Waals surface area contributed by atoms with Crippen LogP contribution in [0, 0.1) is 12.3 Å². The number of hydrogen-bond acceptors (Lipinski definition) is 3. The van der Waals surface area contributed by atoms with Gasteiger partial charge in [-0.1, -0.05) is 0 Å². The second-order valence-electron chi connectivity index (χ2n) is 4.79. The molecule has 0 bridgehead atoms. The Morgan fingerprint density at radius 1 is 1.53 bits per heavy atom. The molecule has 0 radical (unpaired) electrons. The first kappa shape index (κ1) is 11.7. The number of aliphatic carboxylic acids is 1. The molecule has 0 saturated carbocycles. The third-order valence-electron chi connectivity index (χ3n) is 3.25. The quantitative estimate of drug-likeness (QED) is 0.846. The molecule has 1 aliphatic heterocycles. The van der Waals surface area contributed by atoms with Crippen molar-refractivity contribution in [1.82, 2.24) is 4.90 Å². The Morgan fingerprint density at radius 3 is 2.71 bits per heavy atom. The highest BCUT2D eigenvalue weighted by Crippen LogP contribution is 2.31. The fourth-order valence-corrected chi connectivity index (χ4v) is 2.05. The van der Waals surface area contributed by atoms with E-state index in [1.807, 2.05) is 0 Å². The van der Waals surface area contributed by atoms with Crippen LogP contribution in [0.5, 0.6) is 0 Å². The maximum absolute atomic E-state index is 12.0. The van der Waals surface area contributed by atoms with E-state index in [0.717, 1.165) is 0 Å². The van der Waals surface area contributed by atoms with Crippen molar-refractivity contribution in [3.63, 3.8) is 0 Å². The zero-order valence-corrected chi connectivity index (χ0v) is 9.90. The van der Waals surface area contributed by atoms with E-state index >= 15 is 0 Å². The number of carboxylic acids is 1. The normalized spacial score (nSPS) is 24.0. The highest BCUT2D eigenvalue weighted by molar-refractivity contribution is 5.94. The van der Waals surface area contributed by atoms with Crippen molar-refractivity contribution in [2.75, 3.05) is 13.1 Å². The summed E-state index contributed by atoms with van der Waals surface area (Å²) in [6.45, 7) is 4.17. The molecular weight excluding hydrogens is 222 g/mol. The molecule has 2 rings (SSSR count). The van der Waals surface area contributed by atoms with Gasteiger partial charge in [0.2, 0.25) is 0 Å². The van der Waals surface area contributed by atoms with Gasteiger partial charge in [-0.15, -0.1) is 0 Å². The Morgan fingerprint density at radius 2 is 2.24 bits per heavy atom. The van der Waals surface area contributed by atoms with Crippen molar-refractivity contribution < 1.29 is 19.1 Å². The van der Waals surface area contributed by atoms with Crippen molar-refractivity contribution in [3.05, 3.63) is 23.7 Å². The van der Waals surface area contributed by atoms with Gasteiger partial charge in [-0.3, -0.25) is 9.59 Å². The van der Waals surface area contributed by atoms with Gasteiger partial charge < -0.3 is 14.4 Å². The first-order chi connectivity index (χ1) is 7.92. The van der Waals surface area contributed by atoms with Gasteiger partial charge in [-0.25, -0.2) is 0 Å². The number of nitrogens with zero attached hydrogens (tertiary/aromatic N) is 1. The van der Waals surface area contributed by atoms with Gasteiger partial charge in [0.05, 0.1) is 11.0 Å². The summed E-state index contributed by atoms with van der Waals surface area (Å²) >= 11 is 0. The lowest BCUT2D eigenvalue weighted by atomic mass is 9.90. The molecule has 17 heavy (non-hydrogen) atoms. The van der Waals surface area contributed by atoms with Crippen LogP contribution >= 0.6 is 0 Å². The number of carbonyl (C=O) groups is 2. The summed E-state index contributed by atoms with van der Waals surface area (Å²) in [4.78, 5) is 24.7. The van der Waals surface area contributed by atoms with Gasteiger partial charge in [0, 0.05) is 13.1 Å². The molecule has 1 atom stereocenters. The predicted octanol–water partition coefficient (Wildman–Crippen LogP) is 1.52. The number of aryl methyl sites for hydroxylation is 1. The summed E-state index contributed by atoms with van der Waals surface area (Å²) in [6.07, 6.45) is 1.90. The topological polar surface area (TPSA) is 70.8 Å². The van der Waals surface area contributed by atoms with Crippen molar-refractivity contribution in [2.45, 2.75) is 20.3 Å². The maximum Gasteiger partial charge on any atom is 0.311 e. The van der Waals surface area contributed by atoms with Crippen molar-refractivity contribution in [3.8, 4) is 0 Å². The third-order valence-corrected chi connectivity index (χ3v) is 3.25. The highest BCUT2D eigenvalue weighted by Gasteiger charge is 2.42. The maximum atomic E-state index is 12.0. The molecule has 2 heterocycles. The number of furan rings is 1. The zero-order chi connectivity index (χ0) is 12.6. The Balaban J connectivity index is 2.11. The molecule has 1 amide bonds. The van der Waals surface area contributed by atoms with Crippen LogP contribution in [0.25, 0.3) is 0 Å². The van der Waals surface area contributed by atoms with E-state index in [4.69, 9.17) is 9.52 Å². The number of rotatable bonds is 2. The fourth-order valence-electron chi connectivity index (χ4n) is 2.05. The SMILES string of the molecule is Cc1cc(C(=O)N2CCC(C)(C(=O)O)C2)co1. The molecular formula is C12H15NO4. The minimum atomic E-state index is -0.851. The molecule has 1 aromatic rings. The Kier molecular flexibility index (Phi) is 2.69. The minimum Gasteiger partial charge on any atom is -0.481 e. The second-order valence-corrected chi connectivity index (χ2v) is 4.79. The molecule has 1 aliphatic rings. The summed E-state index contributed by atoms with van der Waals surface area (Å²) in [5, 5.41) is 9.09. The van der Waals surface area contributed by atoms with Crippen LogP contribution in [0.2, 0.25) is 0 Å². The van der Waals surface area contributed by atoms with E-state index in [0.29, 0.717) is 24.3 Å². The lowest BCUT2D eigenvalue weighted by molar-refractivity contribution is -0.147. The average molecular weight is 237 g/mol. The molecule has 92 valence electrons. The smallest absolute Gasteiger partial charge is 0.311 e. The summed E-state index contributed by atoms with van der Waals surface area (Å²) in [5.74, 6) is -0.337. The van der Waals surface area contributed by atoms with Crippen LogP contribution in [0.3, 0.4) is 0 Å². The Bertz CT molecular complexity index is 465. The van der Waals surface area contributed by atoms with Gasteiger partial charge in [0.15, 0.2) is 0 Å². The molecule has 1 aromatic heterocycles. The molecule has 1 unspecified atom stereocenters. The van der Waals surface area contributed by atoms with Gasteiger partial charge in [0.1, 0.15) is 12.0 Å². The van der Waals surface area contributed by atoms with E-state index < -0.39 is 11.4 Å². The van der Waals surface area contributed by atoms with E-state index in [9.17, 15) is 9.59 Å². The van der Waals surface area contributed by atoms with Gasteiger partial charge in [-0.2, -0.15) is 0 Å². The Labute approximate surface area is 99.0 Å². The number of likely N-dealkylation sites (tertiary alicyclic amines) is 1. The fraction of sp³-hybridized carbons (Fsp3) is 0.500. The van der Waals surface area contributed by atoms with E-state index in [-0.39, 0.29) is 12.5 Å². The summed E-state index contributed by atoms with van der Waals surface area (Å²) in [6, 6.07) is 1.67. The zero-order valence-electron chi connectivity index (χ0n) is 9.90. The minimum absolute atomic E-state index is 0.160. The number of carbonyl (C=O) groups excluding carboxylic acids is 1. The summed E-state index contributed by atoms with van der Waals surface area (Å²) in [7, 11) is 0. The molecule has 5 heteroatoms. The third kappa shape index (κ3) is 2.05. The molecule has 0 aromatic carbocycles. The van der Waals surface area contributed by atoms with Crippen LogP contribution in [0.1, 0.15) is 29.5 Å². The molecule has 5 nitrogen and oxygen atoms in total. The largest absolute Gasteiger partial charge is 0.481 e. The molecule has 0 aliphatic carbocycles. The molecule has 1 fully saturated rings. The van der Waals surface area contributed by atoms with Crippen LogP contribution in [0.4, 0.5) is 0 Å². The predicted molar refractivity (Wildman–Crippen MR) is 59.7 cm³/mol. The standard InChI is InChI=1S/C12H15NO4/c1-8-5-9(6-17-8)10(14)13-4-3-12(2,7-13)11(15)16/h5-6H,3-4,7H2,1-2H3,(H,15,16). The monoisotopic (exact) mass is 237 g/mol. The van der Waals surface area contributed by atoms with Crippen molar-refractivity contribution >= 4 is 11.9 Å². The number of amides is 1. The van der Waals surface area contributed by atoms with E-state index in [1.54, 1.807) is 24.8 Å². The Hall–Kier alpha value is -1.78. The average Bonchev–Trinajstić information content (AvgIpc) is 2.85.